The molecule has 1 amide bonds. The number of carbonyl (C=O) groups excluding carboxylic acids is 1. The van der Waals surface area contributed by atoms with Gasteiger partial charge in [0.05, 0.1) is 51.3 Å². The molecule has 0 aliphatic carbocycles. The van der Waals surface area contributed by atoms with E-state index in [4.69, 9.17) is 4.74 Å². The third-order valence-electron chi connectivity index (χ3n) is 4.44. The van der Waals surface area contributed by atoms with Gasteiger partial charge in [0.25, 0.3) is 0 Å². The fraction of sp³-hybridized carbons (Fsp3) is 0.588. The smallest absolute Gasteiger partial charge is 0.243 e. The van der Waals surface area contributed by atoms with E-state index in [1.165, 1.54) is 4.90 Å². The third-order valence-corrected chi connectivity index (χ3v) is 5.58. The van der Waals surface area contributed by atoms with Crippen molar-refractivity contribution in [1.82, 2.24) is 4.90 Å². The number of nitrogens with one attached hydrogen (secondary N) is 1. The van der Waals surface area contributed by atoms with Crippen LogP contribution in [-0.4, -0.2) is 71.4 Å². The molecule has 8 heteroatoms. The summed E-state index contributed by atoms with van der Waals surface area (Å²) in [5.41, 5.74) is 0.470. The SMILES string of the molecule is CCOc1ccc(N(CC(=O)N2CC[NH+](CC)CC2)S(C)(=O)=O)cc1. The molecule has 0 unspecified atom stereocenters. The Balaban J connectivity index is 2.09. The first kappa shape index (κ1) is 19.5. The number of ether oxygens (including phenoxy) is 1. The number of amides is 1. The Morgan fingerprint density at radius 1 is 1.20 bits per heavy atom. The lowest BCUT2D eigenvalue weighted by atomic mass is 10.3. The molecule has 140 valence electrons. The van der Waals surface area contributed by atoms with E-state index in [9.17, 15) is 13.2 Å². The summed E-state index contributed by atoms with van der Waals surface area (Å²) >= 11 is 0. The molecule has 0 spiro atoms. The van der Waals surface area contributed by atoms with Crippen LogP contribution in [0, 0.1) is 0 Å². The quantitative estimate of drug-likeness (QED) is 0.709. The fourth-order valence-electron chi connectivity index (χ4n) is 2.92. The monoisotopic (exact) mass is 370 g/mol. The normalized spacial score (nSPS) is 15.9. The lowest BCUT2D eigenvalue weighted by molar-refractivity contribution is -0.902. The van der Waals surface area contributed by atoms with E-state index < -0.39 is 10.0 Å². The summed E-state index contributed by atoms with van der Waals surface area (Å²) < 4.78 is 30.9. The molecular weight excluding hydrogens is 342 g/mol. The van der Waals surface area contributed by atoms with Gasteiger partial charge in [-0.05, 0) is 38.1 Å². The summed E-state index contributed by atoms with van der Waals surface area (Å²) in [5, 5.41) is 0. The maximum Gasteiger partial charge on any atom is 0.243 e. The number of rotatable bonds is 7. The van der Waals surface area contributed by atoms with Crippen LogP contribution in [-0.2, 0) is 14.8 Å². The highest BCUT2D eigenvalue weighted by Gasteiger charge is 2.27. The van der Waals surface area contributed by atoms with Crippen LogP contribution in [0.3, 0.4) is 0 Å². The van der Waals surface area contributed by atoms with Crippen molar-refractivity contribution in [3.05, 3.63) is 24.3 Å². The van der Waals surface area contributed by atoms with Gasteiger partial charge < -0.3 is 14.5 Å². The van der Waals surface area contributed by atoms with Crippen molar-refractivity contribution in [2.45, 2.75) is 13.8 Å². The topological polar surface area (TPSA) is 71.4 Å². The number of sulfonamides is 1. The first-order chi connectivity index (χ1) is 11.8. The number of likely N-dealkylation sites (N-methyl/N-ethyl adjacent to an activating group) is 1. The van der Waals surface area contributed by atoms with E-state index in [0.29, 0.717) is 31.1 Å². The second-order valence-corrected chi connectivity index (χ2v) is 8.09. The molecular formula is C17H28N3O4S+. The van der Waals surface area contributed by atoms with E-state index in [2.05, 4.69) is 6.92 Å². The van der Waals surface area contributed by atoms with E-state index in [1.54, 1.807) is 29.2 Å². The number of hydrogen-bond acceptors (Lipinski definition) is 4. The van der Waals surface area contributed by atoms with Crippen molar-refractivity contribution in [3.8, 4) is 5.75 Å². The molecule has 1 aromatic carbocycles. The summed E-state index contributed by atoms with van der Waals surface area (Å²) in [6.45, 7) is 8.58. The molecule has 1 fully saturated rings. The van der Waals surface area contributed by atoms with Crippen LogP contribution in [0.15, 0.2) is 24.3 Å². The van der Waals surface area contributed by atoms with E-state index >= 15 is 0 Å². The second-order valence-electron chi connectivity index (χ2n) is 6.18. The van der Waals surface area contributed by atoms with Crippen LogP contribution < -0.4 is 13.9 Å². The van der Waals surface area contributed by atoms with Crippen molar-refractivity contribution in [1.29, 1.82) is 0 Å². The minimum atomic E-state index is -3.55. The Morgan fingerprint density at radius 3 is 2.28 bits per heavy atom. The third kappa shape index (κ3) is 5.34. The van der Waals surface area contributed by atoms with Gasteiger partial charge in [0.1, 0.15) is 12.3 Å². The van der Waals surface area contributed by atoms with Crippen LogP contribution in [0.2, 0.25) is 0 Å². The van der Waals surface area contributed by atoms with Crippen LogP contribution in [0.1, 0.15) is 13.8 Å². The Labute approximate surface area is 150 Å². The molecule has 1 aliphatic heterocycles. The Morgan fingerprint density at radius 2 is 1.80 bits per heavy atom. The van der Waals surface area contributed by atoms with Crippen molar-refractivity contribution in [2.24, 2.45) is 0 Å². The summed E-state index contributed by atoms with van der Waals surface area (Å²) in [5.74, 6) is 0.513. The van der Waals surface area contributed by atoms with Gasteiger partial charge in [0.15, 0.2) is 0 Å². The molecule has 1 N–H and O–H groups in total. The Kier molecular flexibility index (Phi) is 6.66. The highest BCUT2D eigenvalue weighted by molar-refractivity contribution is 7.92. The Bertz CT molecular complexity index is 668. The fourth-order valence-corrected chi connectivity index (χ4v) is 3.77. The molecule has 7 nitrogen and oxygen atoms in total. The predicted octanol–water partition coefficient (Wildman–Crippen LogP) is -0.402. The van der Waals surface area contributed by atoms with E-state index in [1.807, 2.05) is 6.92 Å². The molecule has 0 aromatic heterocycles. The van der Waals surface area contributed by atoms with Gasteiger partial charge in [-0.3, -0.25) is 9.10 Å². The molecule has 2 rings (SSSR count). The number of hydrogen-bond donors (Lipinski definition) is 1. The molecule has 0 bridgehead atoms. The number of anilines is 1. The van der Waals surface area contributed by atoms with Crippen LogP contribution in [0.5, 0.6) is 5.75 Å². The summed E-state index contributed by atoms with van der Waals surface area (Å²) in [6.07, 6.45) is 1.12. The zero-order valence-corrected chi connectivity index (χ0v) is 16.0. The van der Waals surface area contributed by atoms with E-state index in [0.717, 1.165) is 30.2 Å². The number of quaternary nitrogens is 1. The number of carbonyl (C=O) groups is 1. The highest BCUT2D eigenvalue weighted by atomic mass is 32.2. The molecule has 1 saturated heterocycles. The lowest BCUT2D eigenvalue weighted by Gasteiger charge is -2.33. The zero-order chi connectivity index (χ0) is 18.4. The molecule has 1 aliphatic rings. The van der Waals surface area contributed by atoms with Crippen LogP contribution in [0.4, 0.5) is 5.69 Å². The van der Waals surface area contributed by atoms with Gasteiger partial charge in [0, 0.05) is 0 Å². The van der Waals surface area contributed by atoms with Gasteiger partial charge in [-0.2, -0.15) is 0 Å². The highest BCUT2D eigenvalue weighted by Crippen LogP contribution is 2.21. The van der Waals surface area contributed by atoms with Crippen LogP contribution >= 0.6 is 0 Å². The van der Waals surface area contributed by atoms with Crippen LogP contribution in [0.25, 0.3) is 0 Å². The molecule has 0 saturated carbocycles. The second kappa shape index (κ2) is 8.53. The standard InChI is InChI=1S/C17H27N3O4S/c1-4-18-10-12-19(13-11-18)17(21)14-20(25(3,22)23)15-6-8-16(9-7-15)24-5-2/h6-9H,4-5,10-14H2,1-3H3/p+1. The summed E-state index contributed by atoms with van der Waals surface area (Å²) in [4.78, 5) is 15.8. The molecule has 0 atom stereocenters. The molecule has 0 radical (unpaired) electrons. The average Bonchev–Trinajstić information content (AvgIpc) is 2.60. The van der Waals surface area contributed by atoms with Crippen molar-refractivity contribution in [3.63, 3.8) is 0 Å². The van der Waals surface area contributed by atoms with Crippen molar-refractivity contribution < 1.29 is 22.8 Å². The predicted molar refractivity (Wildman–Crippen MR) is 97.6 cm³/mol. The minimum absolute atomic E-state index is 0.158. The van der Waals surface area contributed by atoms with Gasteiger partial charge in [-0.25, -0.2) is 8.42 Å². The van der Waals surface area contributed by atoms with Crippen molar-refractivity contribution in [2.75, 3.05) is 56.4 Å². The lowest BCUT2D eigenvalue weighted by Crippen LogP contribution is -3.14. The average molecular weight is 370 g/mol. The maximum absolute atomic E-state index is 12.6. The van der Waals surface area contributed by atoms with Gasteiger partial charge in [-0.15, -0.1) is 0 Å². The van der Waals surface area contributed by atoms with E-state index in [-0.39, 0.29) is 12.5 Å². The number of nitrogens with zero attached hydrogens (tertiary/aromatic N) is 2. The Hall–Kier alpha value is -1.80. The first-order valence-corrected chi connectivity index (χ1v) is 10.5. The minimum Gasteiger partial charge on any atom is -0.494 e. The largest absolute Gasteiger partial charge is 0.494 e. The molecule has 1 aromatic rings. The zero-order valence-electron chi connectivity index (χ0n) is 15.2. The number of benzene rings is 1. The maximum atomic E-state index is 12.6. The van der Waals surface area contributed by atoms with Gasteiger partial charge in [0.2, 0.25) is 15.9 Å². The molecule has 1 heterocycles. The summed E-state index contributed by atoms with van der Waals surface area (Å²) in [7, 11) is -3.55. The van der Waals surface area contributed by atoms with Gasteiger partial charge in [-0.1, -0.05) is 0 Å². The van der Waals surface area contributed by atoms with Crippen molar-refractivity contribution >= 4 is 21.6 Å². The van der Waals surface area contributed by atoms with Gasteiger partial charge >= 0.3 is 0 Å². The number of piperazine rings is 1. The first-order valence-electron chi connectivity index (χ1n) is 8.67. The summed E-state index contributed by atoms with van der Waals surface area (Å²) in [6, 6.07) is 6.76. The molecule has 25 heavy (non-hydrogen) atoms.